The summed E-state index contributed by atoms with van der Waals surface area (Å²) in [6, 6.07) is 10.3. The Morgan fingerprint density at radius 1 is 1.08 bits per heavy atom. The van der Waals surface area contributed by atoms with Crippen molar-refractivity contribution in [2.45, 2.75) is 13.8 Å². The quantitative estimate of drug-likeness (QED) is 0.605. The number of non-ortho nitro benzene ring substituents is 1. The fourth-order valence-corrected chi connectivity index (χ4v) is 3.53. The summed E-state index contributed by atoms with van der Waals surface area (Å²) in [5.74, 6) is -0.190. The number of rotatable bonds is 3. The minimum atomic E-state index is -0.525. The van der Waals surface area contributed by atoms with E-state index in [4.69, 9.17) is 11.6 Å². The minimum absolute atomic E-state index is 0.112. The van der Waals surface area contributed by atoms with E-state index in [2.05, 4.69) is 36.9 Å². The van der Waals surface area contributed by atoms with E-state index >= 15 is 0 Å². The summed E-state index contributed by atoms with van der Waals surface area (Å²) in [6.45, 7) is 6.80. The maximum Gasteiger partial charge on any atom is 0.270 e. The first-order chi connectivity index (χ1) is 12.4. The molecule has 1 heterocycles. The van der Waals surface area contributed by atoms with Crippen molar-refractivity contribution in [3.63, 3.8) is 0 Å². The molecule has 0 saturated carbocycles. The SMILES string of the molecule is Cc1ccc(N2CCN(C(=O)c3ccc([N+](=O)[O-])cc3Cl)CC2)c(C)c1. The van der Waals surface area contributed by atoms with Crippen LogP contribution in [0.15, 0.2) is 36.4 Å². The number of anilines is 1. The molecule has 1 fully saturated rings. The van der Waals surface area contributed by atoms with Gasteiger partial charge in [-0.05, 0) is 31.5 Å². The van der Waals surface area contributed by atoms with Crippen molar-refractivity contribution in [2.24, 2.45) is 0 Å². The molecule has 0 N–H and O–H groups in total. The van der Waals surface area contributed by atoms with Gasteiger partial charge >= 0.3 is 0 Å². The lowest BCUT2D eigenvalue weighted by molar-refractivity contribution is -0.384. The predicted molar refractivity (Wildman–Crippen MR) is 102 cm³/mol. The Kier molecular flexibility index (Phi) is 5.13. The Hall–Kier alpha value is -2.60. The van der Waals surface area contributed by atoms with Crippen LogP contribution < -0.4 is 4.90 Å². The second kappa shape index (κ2) is 7.33. The van der Waals surface area contributed by atoms with E-state index in [-0.39, 0.29) is 16.6 Å². The molecule has 2 aromatic rings. The number of nitro groups is 1. The third-order valence-corrected chi connectivity index (χ3v) is 4.97. The second-order valence-electron chi connectivity index (χ2n) is 6.49. The zero-order valence-corrected chi connectivity index (χ0v) is 15.5. The lowest BCUT2D eigenvalue weighted by Crippen LogP contribution is -2.49. The Morgan fingerprint density at radius 2 is 1.77 bits per heavy atom. The molecule has 0 bridgehead atoms. The molecular weight excluding hydrogens is 354 g/mol. The molecular formula is C19H20ClN3O3. The summed E-state index contributed by atoms with van der Waals surface area (Å²) < 4.78 is 0. The van der Waals surface area contributed by atoms with Crippen LogP contribution in [0.3, 0.4) is 0 Å². The van der Waals surface area contributed by atoms with Gasteiger partial charge in [-0.15, -0.1) is 0 Å². The van der Waals surface area contributed by atoms with Crippen LogP contribution in [-0.4, -0.2) is 41.9 Å². The maximum absolute atomic E-state index is 12.7. The monoisotopic (exact) mass is 373 g/mol. The number of halogens is 1. The zero-order chi connectivity index (χ0) is 18.8. The van der Waals surface area contributed by atoms with Crippen LogP contribution in [0.5, 0.6) is 0 Å². The van der Waals surface area contributed by atoms with Gasteiger partial charge in [-0.2, -0.15) is 0 Å². The van der Waals surface area contributed by atoms with Crippen LogP contribution in [0.2, 0.25) is 5.02 Å². The van der Waals surface area contributed by atoms with Crippen molar-refractivity contribution in [3.8, 4) is 0 Å². The largest absolute Gasteiger partial charge is 0.368 e. The Balaban J connectivity index is 1.70. The normalized spacial score (nSPS) is 14.4. The summed E-state index contributed by atoms with van der Waals surface area (Å²) in [6.07, 6.45) is 0. The van der Waals surface area contributed by atoms with Gasteiger partial charge in [0.25, 0.3) is 11.6 Å². The van der Waals surface area contributed by atoms with E-state index in [1.807, 2.05) is 0 Å². The Bertz CT molecular complexity index is 861. The molecule has 7 heteroatoms. The van der Waals surface area contributed by atoms with Crippen molar-refractivity contribution in [3.05, 3.63) is 68.2 Å². The van der Waals surface area contributed by atoms with Gasteiger partial charge in [-0.3, -0.25) is 14.9 Å². The van der Waals surface area contributed by atoms with Gasteiger partial charge < -0.3 is 9.80 Å². The summed E-state index contributed by atoms with van der Waals surface area (Å²) >= 11 is 6.09. The fourth-order valence-electron chi connectivity index (χ4n) is 3.27. The van der Waals surface area contributed by atoms with Crippen molar-refractivity contribution < 1.29 is 9.72 Å². The number of carbonyl (C=O) groups excluding carboxylic acids is 1. The van der Waals surface area contributed by atoms with Gasteiger partial charge in [-0.25, -0.2) is 0 Å². The molecule has 26 heavy (non-hydrogen) atoms. The second-order valence-corrected chi connectivity index (χ2v) is 6.90. The van der Waals surface area contributed by atoms with Gasteiger partial charge in [-0.1, -0.05) is 29.3 Å². The first kappa shape index (κ1) is 18.2. The highest BCUT2D eigenvalue weighted by Crippen LogP contribution is 2.26. The predicted octanol–water partition coefficient (Wildman–Crippen LogP) is 3.83. The molecule has 1 saturated heterocycles. The minimum Gasteiger partial charge on any atom is -0.368 e. The van der Waals surface area contributed by atoms with Gasteiger partial charge in [0, 0.05) is 44.0 Å². The molecule has 0 atom stereocenters. The molecule has 1 aliphatic rings. The molecule has 1 aliphatic heterocycles. The molecule has 0 unspecified atom stereocenters. The average Bonchev–Trinajstić information content (AvgIpc) is 2.61. The van der Waals surface area contributed by atoms with Crippen LogP contribution in [-0.2, 0) is 0 Å². The molecule has 0 aliphatic carbocycles. The van der Waals surface area contributed by atoms with E-state index in [0.29, 0.717) is 18.7 Å². The lowest BCUT2D eigenvalue weighted by Gasteiger charge is -2.37. The maximum atomic E-state index is 12.7. The van der Waals surface area contributed by atoms with Crippen LogP contribution in [0, 0.1) is 24.0 Å². The highest BCUT2D eigenvalue weighted by atomic mass is 35.5. The number of nitro benzene ring substituents is 1. The number of piperazine rings is 1. The standard InChI is InChI=1S/C19H20ClN3O3/c1-13-3-6-18(14(2)11-13)21-7-9-22(10-8-21)19(24)16-5-4-15(23(25)26)12-17(16)20/h3-6,11-12H,7-10H2,1-2H3. The highest BCUT2D eigenvalue weighted by Gasteiger charge is 2.25. The molecule has 3 rings (SSSR count). The third-order valence-electron chi connectivity index (χ3n) is 4.65. The molecule has 2 aromatic carbocycles. The molecule has 1 amide bonds. The number of nitrogens with zero attached hydrogens (tertiary/aromatic N) is 3. The number of aryl methyl sites for hydroxylation is 2. The molecule has 0 spiro atoms. The molecule has 0 radical (unpaired) electrons. The number of amides is 1. The Morgan fingerprint density at radius 3 is 2.35 bits per heavy atom. The third kappa shape index (κ3) is 3.65. The van der Waals surface area contributed by atoms with Crippen LogP contribution >= 0.6 is 11.6 Å². The zero-order valence-electron chi connectivity index (χ0n) is 14.7. The fraction of sp³-hybridized carbons (Fsp3) is 0.316. The van der Waals surface area contributed by atoms with E-state index < -0.39 is 4.92 Å². The number of hydrogen-bond donors (Lipinski definition) is 0. The van der Waals surface area contributed by atoms with Gasteiger partial charge in [0.1, 0.15) is 0 Å². The summed E-state index contributed by atoms with van der Waals surface area (Å²) in [5, 5.41) is 10.9. The first-order valence-electron chi connectivity index (χ1n) is 8.42. The number of benzene rings is 2. The van der Waals surface area contributed by atoms with Crippen LogP contribution in [0.1, 0.15) is 21.5 Å². The molecule has 0 aromatic heterocycles. The molecule has 6 nitrogen and oxygen atoms in total. The van der Waals surface area contributed by atoms with Gasteiger partial charge in [0.2, 0.25) is 0 Å². The van der Waals surface area contributed by atoms with Crippen molar-refractivity contribution in [2.75, 3.05) is 31.1 Å². The van der Waals surface area contributed by atoms with E-state index in [0.717, 1.165) is 13.1 Å². The summed E-state index contributed by atoms with van der Waals surface area (Å²) in [7, 11) is 0. The van der Waals surface area contributed by atoms with E-state index in [1.54, 1.807) is 4.90 Å². The van der Waals surface area contributed by atoms with E-state index in [1.165, 1.54) is 35.0 Å². The lowest BCUT2D eigenvalue weighted by atomic mass is 10.1. The van der Waals surface area contributed by atoms with Crippen molar-refractivity contribution in [1.29, 1.82) is 0 Å². The topological polar surface area (TPSA) is 66.7 Å². The van der Waals surface area contributed by atoms with Crippen LogP contribution in [0.25, 0.3) is 0 Å². The van der Waals surface area contributed by atoms with Crippen molar-refractivity contribution >= 4 is 28.9 Å². The molecule has 136 valence electrons. The highest BCUT2D eigenvalue weighted by molar-refractivity contribution is 6.34. The average molecular weight is 374 g/mol. The van der Waals surface area contributed by atoms with E-state index in [9.17, 15) is 14.9 Å². The van der Waals surface area contributed by atoms with Crippen LogP contribution in [0.4, 0.5) is 11.4 Å². The van der Waals surface area contributed by atoms with Gasteiger partial charge in [0.05, 0.1) is 15.5 Å². The number of carbonyl (C=O) groups is 1. The van der Waals surface area contributed by atoms with Gasteiger partial charge in [0.15, 0.2) is 0 Å². The number of hydrogen-bond acceptors (Lipinski definition) is 4. The Labute approximate surface area is 157 Å². The van der Waals surface area contributed by atoms with Crippen molar-refractivity contribution in [1.82, 2.24) is 4.90 Å². The first-order valence-corrected chi connectivity index (χ1v) is 8.80. The summed E-state index contributed by atoms with van der Waals surface area (Å²) in [5.41, 5.74) is 3.83. The summed E-state index contributed by atoms with van der Waals surface area (Å²) in [4.78, 5) is 27.0. The smallest absolute Gasteiger partial charge is 0.270 e.